The Morgan fingerprint density at radius 1 is 1.28 bits per heavy atom. The van der Waals surface area contributed by atoms with Crippen molar-refractivity contribution in [2.24, 2.45) is 0 Å². The first kappa shape index (κ1) is 12.9. The number of carbonyl (C=O) groups excluding carboxylic acids is 1. The summed E-state index contributed by atoms with van der Waals surface area (Å²) in [6.45, 7) is 2.14. The highest BCUT2D eigenvalue weighted by Gasteiger charge is 2.28. The van der Waals surface area contributed by atoms with Gasteiger partial charge in [0.2, 0.25) is 0 Å². The molecular weight excluding hydrogens is 226 g/mol. The van der Waals surface area contributed by atoms with E-state index in [-0.39, 0.29) is 11.4 Å². The Hall–Kier alpha value is -1.58. The number of anilines is 1. The minimum atomic E-state index is -0.0446. The van der Waals surface area contributed by atoms with Gasteiger partial charge >= 0.3 is 0 Å². The van der Waals surface area contributed by atoms with Gasteiger partial charge in [-0.1, -0.05) is 19.3 Å². The van der Waals surface area contributed by atoms with Crippen LogP contribution < -0.4 is 10.6 Å². The van der Waals surface area contributed by atoms with Crippen LogP contribution in [-0.4, -0.2) is 23.5 Å². The largest absolute Gasteiger partial charge is 0.373 e. The zero-order valence-electron chi connectivity index (χ0n) is 11.1. The van der Waals surface area contributed by atoms with Gasteiger partial charge < -0.3 is 10.6 Å². The van der Waals surface area contributed by atoms with Crippen LogP contribution in [0, 0.1) is 0 Å². The van der Waals surface area contributed by atoms with Gasteiger partial charge in [0.05, 0.1) is 5.56 Å². The summed E-state index contributed by atoms with van der Waals surface area (Å²) >= 11 is 0. The number of nitrogens with zero attached hydrogens (tertiary/aromatic N) is 1. The number of nitrogens with one attached hydrogen (secondary N) is 2. The lowest BCUT2D eigenvalue weighted by Crippen LogP contribution is -2.47. The van der Waals surface area contributed by atoms with Gasteiger partial charge in [-0.2, -0.15) is 0 Å². The fourth-order valence-electron chi connectivity index (χ4n) is 2.48. The molecule has 4 nitrogen and oxygen atoms in total. The number of hydrogen-bond donors (Lipinski definition) is 2. The van der Waals surface area contributed by atoms with Crippen LogP contribution in [0.4, 0.5) is 5.82 Å². The SMILES string of the molecule is CNc1ccc(C(=O)NC2(C)CCCCC2)cn1. The van der Waals surface area contributed by atoms with Gasteiger partial charge in [0.1, 0.15) is 5.82 Å². The summed E-state index contributed by atoms with van der Waals surface area (Å²) in [7, 11) is 1.81. The Balaban J connectivity index is 2.02. The van der Waals surface area contributed by atoms with Gasteiger partial charge in [-0.25, -0.2) is 4.98 Å². The van der Waals surface area contributed by atoms with E-state index in [1.807, 2.05) is 13.1 Å². The smallest absolute Gasteiger partial charge is 0.253 e. The van der Waals surface area contributed by atoms with E-state index in [1.54, 1.807) is 12.3 Å². The highest BCUT2D eigenvalue weighted by Crippen LogP contribution is 2.27. The minimum absolute atomic E-state index is 0.0189. The van der Waals surface area contributed by atoms with Crippen molar-refractivity contribution in [3.8, 4) is 0 Å². The van der Waals surface area contributed by atoms with E-state index >= 15 is 0 Å². The van der Waals surface area contributed by atoms with E-state index in [1.165, 1.54) is 19.3 Å². The van der Waals surface area contributed by atoms with Crippen LogP contribution in [0.1, 0.15) is 49.4 Å². The molecule has 1 aliphatic carbocycles. The van der Waals surface area contributed by atoms with Gasteiger partial charge in [0, 0.05) is 18.8 Å². The van der Waals surface area contributed by atoms with Gasteiger partial charge in [-0.15, -0.1) is 0 Å². The molecule has 1 fully saturated rings. The highest BCUT2D eigenvalue weighted by molar-refractivity contribution is 5.94. The van der Waals surface area contributed by atoms with Gasteiger partial charge in [-0.3, -0.25) is 4.79 Å². The molecule has 0 saturated heterocycles. The summed E-state index contributed by atoms with van der Waals surface area (Å²) in [4.78, 5) is 16.3. The molecule has 18 heavy (non-hydrogen) atoms. The van der Waals surface area contributed by atoms with E-state index in [0.717, 1.165) is 18.7 Å². The zero-order valence-corrected chi connectivity index (χ0v) is 11.1. The van der Waals surface area contributed by atoms with Crippen LogP contribution in [0.15, 0.2) is 18.3 Å². The van der Waals surface area contributed by atoms with Crippen LogP contribution in [0.25, 0.3) is 0 Å². The third-order valence-corrected chi connectivity index (χ3v) is 3.65. The number of amides is 1. The molecule has 0 bridgehead atoms. The van der Waals surface area contributed by atoms with Gasteiger partial charge in [0.15, 0.2) is 0 Å². The lowest BCUT2D eigenvalue weighted by Gasteiger charge is -2.34. The topological polar surface area (TPSA) is 54.0 Å². The molecule has 1 amide bonds. The van der Waals surface area contributed by atoms with Crippen molar-refractivity contribution in [3.63, 3.8) is 0 Å². The van der Waals surface area contributed by atoms with Crippen molar-refractivity contribution in [1.29, 1.82) is 0 Å². The zero-order chi connectivity index (χ0) is 13.0. The normalized spacial score (nSPS) is 18.1. The minimum Gasteiger partial charge on any atom is -0.373 e. The van der Waals surface area contributed by atoms with E-state index in [9.17, 15) is 4.79 Å². The molecule has 4 heteroatoms. The molecule has 1 saturated carbocycles. The monoisotopic (exact) mass is 247 g/mol. The molecule has 98 valence electrons. The average Bonchev–Trinajstić information content (AvgIpc) is 2.39. The Kier molecular flexibility index (Phi) is 3.84. The lowest BCUT2D eigenvalue weighted by molar-refractivity contribution is 0.0882. The highest BCUT2D eigenvalue weighted by atomic mass is 16.1. The van der Waals surface area contributed by atoms with Crippen LogP contribution in [0.5, 0.6) is 0 Å². The standard InChI is InChI=1S/C14H21N3O/c1-14(8-4-3-5-9-14)17-13(18)11-6-7-12(15-2)16-10-11/h6-7,10H,3-5,8-9H2,1-2H3,(H,15,16)(H,17,18). The summed E-state index contributed by atoms with van der Waals surface area (Å²) < 4.78 is 0. The molecule has 1 aromatic rings. The molecule has 2 N–H and O–H groups in total. The molecule has 2 rings (SSSR count). The third-order valence-electron chi connectivity index (χ3n) is 3.65. The van der Waals surface area contributed by atoms with Gasteiger partial charge in [0.25, 0.3) is 5.91 Å². The van der Waals surface area contributed by atoms with Crippen molar-refractivity contribution in [3.05, 3.63) is 23.9 Å². The summed E-state index contributed by atoms with van der Waals surface area (Å²) in [5, 5.41) is 6.09. The van der Waals surface area contributed by atoms with Crippen molar-refractivity contribution in [2.45, 2.75) is 44.6 Å². The number of pyridine rings is 1. The predicted octanol–water partition coefficient (Wildman–Crippen LogP) is 2.58. The molecule has 1 aliphatic rings. The number of aromatic nitrogens is 1. The fraction of sp³-hybridized carbons (Fsp3) is 0.571. The Bertz CT molecular complexity index is 408. The van der Waals surface area contributed by atoms with Crippen molar-refractivity contribution in [1.82, 2.24) is 10.3 Å². The van der Waals surface area contributed by atoms with Crippen molar-refractivity contribution < 1.29 is 4.79 Å². The van der Waals surface area contributed by atoms with E-state index < -0.39 is 0 Å². The molecule has 0 aliphatic heterocycles. The Labute approximate surface area is 108 Å². The molecule has 0 aromatic carbocycles. The first-order valence-corrected chi connectivity index (χ1v) is 6.59. The Morgan fingerprint density at radius 2 is 2.00 bits per heavy atom. The van der Waals surface area contributed by atoms with E-state index in [0.29, 0.717) is 5.56 Å². The first-order chi connectivity index (χ1) is 8.63. The van der Waals surface area contributed by atoms with Crippen LogP contribution in [-0.2, 0) is 0 Å². The van der Waals surface area contributed by atoms with Crippen molar-refractivity contribution >= 4 is 11.7 Å². The molecule has 0 unspecified atom stereocenters. The second kappa shape index (κ2) is 5.38. The average molecular weight is 247 g/mol. The molecule has 0 spiro atoms. The number of carbonyl (C=O) groups is 1. The lowest BCUT2D eigenvalue weighted by atomic mass is 9.83. The summed E-state index contributed by atoms with van der Waals surface area (Å²) in [5.41, 5.74) is 0.581. The van der Waals surface area contributed by atoms with Crippen LogP contribution >= 0.6 is 0 Å². The molecule has 1 heterocycles. The van der Waals surface area contributed by atoms with Crippen LogP contribution in [0.2, 0.25) is 0 Å². The molecule has 1 aromatic heterocycles. The second-order valence-corrected chi connectivity index (χ2v) is 5.26. The number of rotatable bonds is 3. The fourth-order valence-corrected chi connectivity index (χ4v) is 2.48. The van der Waals surface area contributed by atoms with E-state index in [2.05, 4.69) is 22.5 Å². The third kappa shape index (κ3) is 3.00. The number of hydrogen-bond acceptors (Lipinski definition) is 3. The summed E-state index contributed by atoms with van der Waals surface area (Å²) in [6, 6.07) is 3.62. The summed E-state index contributed by atoms with van der Waals surface area (Å²) in [5.74, 6) is 0.755. The van der Waals surface area contributed by atoms with Crippen LogP contribution in [0.3, 0.4) is 0 Å². The quantitative estimate of drug-likeness (QED) is 0.863. The predicted molar refractivity (Wildman–Crippen MR) is 72.7 cm³/mol. The maximum atomic E-state index is 12.1. The summed E-state index contributed by atoms with van der Waals surface area (Å²) in [6.07, 6.45) is 7.44. The molecular formula is C14H21N3O. The molecule has 0 atom stereocenters. The maximum absolute atomic E-state index is 12.1. The Morgan fingerprint density at radius 3 is 2.56 bits per heavy atom. The molecule has 0 radical (unpaired) electrons. The second-order valence-electron chi connectivity index (χ2n) is 5.26. The van der Waals surface area contributed by atoms with E-state index in [4.69, 9.17) is 0 Å². The van der Waals surface area contributed by atoms with Crippen molar-refractivity contribution in [2.75, 3.05) is 12.4 Å². The van der Waals surface area contributed by atoms with Gasteiger partial charge in [-0.05, 0) is 31.9 Å². The maximum Gasteiger partial charge on any atom is 0.253 e. The first-order valence-electron chi connectivity index (χ1n) is 6.59.